The smallest absolute Gasteiger partial charge is 0.243 e. The van der Waals surface area contributed by atoms with Crippen LogP contribution in [0.1, 0.15) is 23.1 Å². The Morgan fingerprint density at radius 1 is 0.765 bits per heavy atom. The quantitative estimate of drug-likeness (QED) is 0.127. The van der Waals surface area contributed by atoms with Crippen molar-refractivity contribution in [3.05, 3.63) is 114 Å². The normalized spacial score (nSPS) is 20.4. The first-order chi connectivity index (χ1) is 24.8. The zero-order valence-corrected chi connectivity index (χ0v) is 27.6. The van der Waals surface area contributed by atoms with Gasteiger partial charge in [-0.15, -0.1) is 5.10 Å². The molecule has 15 nitrogen and oxygen atoms in total. The van der Waals surface area contributed by atoms with Gasteiger partial charge in [-0.25, -0.2) is 4.68 Å². The Kier molecular flexibility index (Phi) is 11.1. The molecule has 1 fully saturated rings. The number of carbonyl (C=O) groups excluding carboxylic acids is 5. The average molecular weight is 691 g/mol. The SMILES string of the molecule is O=C(Cn1cnnn1)N[C@H]1CC(=O)N[C@@H](Cc2c[nH]c3ccccc23)C(=O)N[C@@H](Cc2ccccc2)C(=O)N[C@H](Cc2ccccc2)CNC1=O. The number of para-hydroxylation sites is 1. The van der Waals surface area contributed by atoms with Crippen molar-refractivity contribution in [2.24, 2.45) is 0 Å². The number of rotatable bonds is 9. The lowest BCUT2D eigenvalue weighted by Crippen LogP contribution is -2.59. The van der Waals surface area contributed by atoms with Crippen LogP contribution in [0, 0.1) is 0 Å². The molecule has 3 aromatic carbocycles. The Bertz CT molecular complexity index is 1970. The third-order valence-corrected chi connectivity index (χ3v) is 8.60. The first-order valence-corrected chi connectivity index (χ1v) is 16.6. The molecule has 6 rings (SSSR count). The van der Waals surface area contributed by atoms with Gasteiger partial charge < -0.3 is 31.6 Å². The summed E-state index contributed by atoms with van der Waals surface area (Å²) in [6.07, 6.45) is 3.18. The highest BCUT2D eigenvalue weighted by molar-refractivity contribution is 5.96. The van der Waals surface area contributed by atoms with Crippen LogP contribution in [0.3, 0.4) is 0 Å². The largest absolute Gasteiger partial charge is 0.361 e. The van der Waals surface area contributed by atoms with Crippen molar-refractivity contribution in [2.75, 3.05) is 6.54 Å². The van der Waals surface area contributed by atoms with Crippen LogP contribution in [0.15, 0.2) is 97.5 Å². The van der Waals surface area contributed by atoms with Crippen molar-refractivity contribution in [1.29, 1.82) is 0 Å². The van der Waals surface area contributed by atoms with E-state index in [1.807, 2.05) is 84.9 Å². The van der Waals surface area contributed by atoms with Crippen LogP contribution in [-0.4, -0.2) is 85.4 Å². The topological polar surface area (TPSA) is 205 Å². The van der Waals surface area contributed by atoms with Gasteiger partial charge in [0.15, 0.2) is 0 Å². The van der Waals surface area contributed by atoms with Gasteiger partial charge in [-0.1, -0.05) is 78.9 Å². The lowest BCUT2D eigenvalue weighted by atomic mass is 10.0. The van der Waals surface area contributed by atoms with E-state index in [4.69, 9.17) is 0 Å². The molecule has 6 N–H and O–H groups in total. The molecule has 0 bridgehead atoms. The van der Waals surface area contributed by atoms with Gasteiger partial charge >= 0.3 is 0 Å². The third-order valence-electron chi connectivity index (χ3n) is 8.60. The Morgan fingerprint density at radius 3 is 2.16 bits per heavy atom. The summed E-state index contributed by atoms with van der Waals surface area (Å²) in [4.78, 5) is 71.6. The van der Waals surface area contributed by atoms with Crippen molar-refractivity contribution < 1.29 is 24.0 Å². The Balaban J connectivity index is 1.31. The predicted molar refractivity (Wildman–Crippen MR) is 185 cm³/mol. The third kappa shape index (κ3) is 9.41. The van der Waals surface area contributed by atoms with Crippen LogP contribution in [-0.2, 0) is 49.8 Å². The molecule has 3 heterocycles. The van der Waals surface area contributed by atoms with Gasteiger partial charge in [0, 0.05) is 36.5 Å². The minimum atomic E-state index is -1.31. The molecule has 5 aromatic rings. The molecular formula is C36H38N10O5. The highest BCUT2D eigenvalue weighted by atomic mass is 16.2. The lowest BCUT2D eigenvalue weighted by molar-refractivity contribution is -0.134. The van der Waals surface area contributed by atoms with E-state index < -0.39 is 60.1 Å². The van der Waals surface area contributed by atoms with E-state index >= 15 is 0 Å². The fraction of sp³-hybridized carbons (Fsp3) is 0.278. The molecule has 4 atom stereocenters. The second-order valence-electron chi connectivity index (χ2n) is 12.4. The standard InChI is InChI=1S/C36H38N10O5/c47-32-18-31(42-33(48)21-46-22-39-44-45-46)34(49)38-20-26(15-23-9-3-1-4-10-23)40-35(50)29(16-24-11-5-2-6-12-24)43-36(51)30(41-32)17-25-19-37-28-14-8-7-13-27(25)28/h1-14,19,22,26,29-31,37H,15-18,20-21H2,(H,38,49)(H,40,50)(H,41,47)(H,42,48)(H,43,51)/t26-,29+,30+,31+/m1/s1. The molecule has 0 radical (unpaired) electrons. The van der Waals surface area contributed by atoms with Crippen molar-refractivity contribution >= 4 is 40.4 Å². The summed E-state index contributed by atoms with van der Waals surface area (Å²) in [5.74, 6) is -2.94. The van der Waals surface area contributed by atoms with E-state index in [0.717, 1.165) is 27.6 Å². The maximum atomic E-state index is 14.1. The molecule has 1 saturated heterocycles. The van der Waals surface area contributed by atoms with Gasteiger partial charge in [0.05, 0.1) is 12.5 Å². The summed E-state index contributed by atoms with van der Waals surface area (Å²) >= 11 is 0. The van der Waals surface area contributed by atoms with E-state index in [2.05, 4.69) is 47.1 Å². The van der Waals surface area contributed by atoms with Gasteiger partial charge in [-0.2, -0.15) is 0 Å². The van der Waals surface area contributed by atoms with E-state index in [1.165, 1.54) is 11.0 Å². The van der Waals surface area contributed by atoms with E-state index in [0.29, 0.717) is 6.42 Å². The molecule has 0 unspecified atom stereocenters. The molecule has 0 saturated carbocycles. The first kappa shape index (κ1) is 34.5. The maximum absolute atomic E-state index is 14.1. The zero-order valence-electron chi connectivity index (χ0n) is 27.6. The number of hydrogen-bond acceptors (Lipinski definition) is 8. The summed E-state index contributed by atoms with van der Waals surface area (Å²) < 4.78 is 1.18. The minimum Gasteiger partial charge on any atom is -0.361 e. The highest BCUT2D eigenvalue weighted by Gasteiger charge is 2.32. The molecule has 15 heteroatoms. The molecule has 1 aliphatic heterocycles. The number of aromatic amines is 1. The van der Waals surface area contributed by atoms with Crippen molar-refractivity contribution in [3.63, 3.8) is 0 Å². The monoisotopic (exact) mass is 690 g/mol. The zero-order chi connectivity index (χ0) is 35.6. The van der Waals surface area contributed by atoms with Crippen LogP contribution >= 0.6 is 0 Å². The number of amides is 5. The number of carbonyl (C=O) groups is 5. The number of tetrazole rings is 1. The molecular weight excluding hydrogens is 652 g/mol. The van der Waals surface area contributed by atoms with Crippen molar-refractivity contribution in [2.45, 2.75) is 56.4 Å². The second kappa shape index (κ2) is 16.3. The minimum absolute atomic E-state index is 0.0182. The summed E-state index contributed by atoms with van der Waals surface area (Å²) in [5, 5.41) is 25.7. The van der Waals surface area contributed by atoms with Gasteiger partial charge in [-0.05, 0) is 39.6 Å². The maximum Gasteiger partial charge on any atom is 0.243 e. The molecule has 51 heavy (non-hydrogen) atoms. The Hall–Kier alpha value is -6.38. The summed E-state index contributed by atoms with van der Waals surface area (Å²) in [6, 6.07) is 22.3. The number of benzene rings is 3. The van der Waals surface area contributed by atoms with Gasteiger partial charge in [0.25, 0.3) is 0 Å². The summed E-state index contributed by atoms with van der Waals surface area (Å²) in [5.41, 5.74) is 3.35. The fourth-order valence-electron chi connectivity index (χ4n) is 6.07. The van der Waals surface area contributed by atoms with Gasteiger partial charge in [0.2, 0.25) is 29.5 Å². The molecule has 5 amide bonds. The number of nitrogens with one attached hydrogen (secondary N) is 6. The molecule has 1 aliphatic rings. The van der Waals surface area contributed by atoms with Crippen LogP contribution < -0.4 is 26.6 Å². The van der Waals surface area contributed by atoms with Gasteiger partial charge in [-0.3, -0.25) is 24.0 Å². The second-order valence-corrected chi connectivity index (χ2v) is 12.4. The number of nitrogens with zero attached hydrogens (tertiary/aromatic N) is 4. The molecule has 2 aromatic heterocycles. The molecule has 0 spiro atoms. The average Bonchev–Trinajstić information content (AvgIpc) is 3.80. The Morgan fingerprint density at radius 2 is 1.43 bits per heavy atom. The van der Waals surface area contributed by atoms with E-state index in [-0.39, 0.29) is 25.9 Å². The van der Waals surface area contributed by atoms with Crippen LogP contribution in [0.2, 0.25) is 0 Å². The molecule has 0 aliphatic carbocycles. The summed E-state index contributed by atoms with van der Waals surface area (Å²) in [7, 11) is 0. The van der Waals surface area contributed by atoms with Crippen molar-refractivity contribution in [1.82, 2.24) is 51.8 Å². The summed E-state index contributed by atoms with van der Waals surface area (Å²) in [6.45, 7) is -0.310. The predicted octanol–water partition coefficient (Wildman–Crippen LogP) is 0.342. The van der Waals surface area contributed by atoms with E-state index in [9.17, 15) is 24.0 Å². The highest BCUT2D eigenvalue weighted by Crippen LogP contribution is 2.20. The number of H-pyrrole nitrogens is 1. The Labute approximate surface area is 293 Å². The first-order valence-electron chi connectivity index (χ1n) is 16.6. The number of aromatic nitrogens is 5. The van der Waals surface area contributed by atoms with Crippen LogP contribution in [0.4, 0.5) is 0 Å². The fourth-order valence-corrected chi connectivity index (χ4v) is 6.07. The van der Waals surface area contributed by atoms with Gasteiger partial charge in [0.1, 0.15) is 31.0 Å². The number of fused-ring (bicyclic) bond motifs is 1. The van der Waals surface area contributed by atoms with Crippen LogP contribution in [0.5, 0.6) is 0 Å². The number of hydrogen-bond donors (Lipinski definition) is 6. The van der Waals surface area contributed by atoms with Crippen molar-refractivity contribution in [3.8, 4) is 0 Å². The molecule has 262 valence electrons. The van der Waals surface area contributed by atoms with Crippen LogP contribution in [0.25, 0.3) is 10.9 Å². The van der Waals surface area contributed by atoms with E-state index in [1.54, 1.807) is 6.20 Å². The lowest BCUT2D eigenvalue weighted by Gasteiger charge is -2.28.